The monoisotopic (exact) mass is 370 g/mol. The zero-order valence-corrected chi connectivity index (χ0v) is 15.9. The summed E-state index contributed by atoms with van der Waals surface area (Å²) in [4.78, 5) is 14.2. The van der Waals surface area contributed by atoms with Crippen molar-refractivity contribution < 1.29 is 9.53 Å². The van der Waals surface area contributed by atoms with Gasteiger partial charge >= 0.3 is 0 Å². The van der Waals surface area contributed by atoms with Crippen molar-refractivity contribution >= 4 is 17.5 Å². The van der Waals surface area contributed by atoms with Gasteiger partial charge in [0.15, 0.2) is 6.61 Å². The summed E-state index contributed by atoms with van der Waals surface area (Å²) >= 11 is 6.16. The number of ether oxygens (including phenoxy) is 1. The maximum Gasteiger partial charge on any atom is 0.260 e. The molecule has 0 unspecified atom stereocenters. The molecule has 1 amide bonds. The van der Waals surface area contributed by atoms with Crippen LogP contribution in [0.5, 0.6) is 5.75 Å². The number of rotatable bonds is 8. The van der Waals surface area contributed by atoms with Crippen LogP contribution < -0.4 is 4.74 Å². The second kappa shape index (κ2) is 9.84. The lowest BCUT2D eigenvalue weighted by Crippen LogP contribution is -2.37. The van der Waals surface area contributed by atoms with Gasteiger partial charge in [-0.3, -0.25) is 4.79 Å². The zero-order chi connectivity index (χ0) is 18.9. The Kier molecular flexibility index (Phi) is 7.50. The van der Waals surface area contributed by atoms with Crippen molar-refractivity contribution in [2.24, 2.45) is 0 Å². The average Bonchev–Trinajstić information content (AvgIpc) is 2.65. The third-order valence-corrected chi connectivity index (χ3v) is 4.73. The van der Waals surface area contributed by atoms with Gasteiger partial charge in [-0.1, -0.05) is 41.9 Å². The van der Waals surface area contributed by atoms with Crippen LogP contribution in [0.3, 0.4) is 0 Å². The molecule has 0 aliphatic rings. The fourth-order valence-corrected chi connectivity index (χ4v) is 2.79. The molecule has 0 heterocycles. The Balaban J connectivity index is 1.96. The number of nitrogens with zero attached hydrogens (tertiary/aromatic N) is 2. The fourth-order valence-electron chi connectivity index (χ4n) is 2.68. The van der Waals surface area contributed by atoms with Crippen molar-refractivity contribution in [1.29, 1.82) is 5.26 Å². The molecule has 0 saturated carbocycles. The van der Waals surface area contributed by atoms with Crippen molar-refractivity contribution in [2.75, 3.05) is 19.7 Å². The Morgan fingerprint density at radius 1 is 1.15 bits per heavy atom. The van der Waals surface area contributed by atoms with E-state index in [1.807, 2.05) is 56.3 Å². The van der Waals surface area contributed by atoms with Crippen molar-refractivity contribution in [3.8, 4) is 11.8 Å². The van der Waals surface area contributed by atoms with E-state index in [1.165, 1.54) is 0 Å². The van der Waals surface area contributed by atoms with Gasteiger partial charge in [0.2, 0.25) is 0 Å². The van der Waals surface area contributed by atoms with E-state index in [9.17, 15) is 4.79 Å². The van der Waals surface area contributed by atoms with Gasteiger partial charge in [-0.2, -0.15) is 5.26 Å². The number of hydrogen-bond donors (Lipinski definition) is 0. The molecule has 4 nitrogen and oxygen atoms in total. The number of halogens is 1. The van der Waals surface area contributed by atoms with Crippen LogP contribution in [0.2, 0.25) is 5.02 Å². The summed E-state index contributed by atoms with van der Waals surface area (Å²) in [5, 5.41) is 9.56. The summed E-state index contributed by atoms with van der Waals surface area (Å²) in [6.07, 6.45) is 1.05. The number of amides is 1. The molecular weight excluding hydrogens is 348 g/mol. The second-order valence-corrected chi connectivity index (χ2v) is 6.56. The van der Waals surface area contributed by atoms with E-state index in [1.54, 1.807) is 4.90 Å². The van der Waals surface area contributed by atoms with Gasteiger partial charge in [-0.15, -0.1) is 0 Å². The average molecular weight is 371 g/mol. The highest BCUT2D eigenvalue weighted by atomic mass is 35.5. The van der Waals surface area contributed by atoms with Crippen LogP contribution in [0.4, 0.5) is 0 Å². The van der Waals surface area contributed by atoms with Gasteiger partial charge in [0.1, 0.15) is 5.75 Å². The molecule has 2 aromatic carbocycles. The molecule has 0 fully saturated rings. The molecule has 0 aliphatic carbocycles. The molecule has 5 heteroatoms. The zero-order valence-electron chi connectivity index (χ0n) is 15.2. The smallest absolute Gasteiger partial charge is 0.260 e. The second-order valence-electron chi connectivity index (χ2n) is 6.18. The van der Waals surface area contributed by atoms with Gasteiger partial charge in [0.05, 0.1) is 12.5 Å². The summed E-state index contributed by atoms with van der Waals surface area (Å²) in [5.74, 6) is 0.502. The molecule has 0 aromatic heterocycles. The Bertz CT molecular complexity index is 761. The lowest BCUT2D eigenvalue weighted by Gasteiger charge is -2.22. The summed E-state index contributed by atoms with van der Waals surface area (Å²) < 4.78 is 5.66. The third kappa shape index (κ3) is 5.79. The Morgan fingerprint density at radius 3 is 2.42 bits per heavy atom. The van der Waals surface area contributed by atoms with Crippen molar-refractivity contribution in [1.82, 2.24) is 4.90 Å². The number of nitriles is 1. The lowest BCUT2D eigenvalue weighted by atomic mass is 10.1. The normalized spacial score (nSPS) is 10.2. The summed E-state index contributed by atoms with van der Waals surface area (Å²) in [7, 11) is 0. The molecule has 0 bridgehead atoms. The minimum atomic E-state index is -0.124. The summed E-state index contributed by atoms with van der Waals surface area (Å²) in [6.45, 7) is 4.73. The standard InChI is InChI=1S/C21H23ClN2O2/c1-16-13-19(14-17(2)21(16)22)26-15-20(25)24(11-6-10-23)12-9-18-7-4-3-5-8-18/h3-5,7-8,13-14H,6,9,11-12,15H2,1-2H3. The molecule has 0 spiro atoms. The third-order valence-electron chi connectivity index (χ3n) is 4.13. The van der Waals surface area contributed by atoms with Gasteiger partial charge in [-0.25, -0.2) is 0 Å². The topological polar surface area (TPSA) is 53.3 Å². The SMILES string of the molecule is Cc1cc(OCC(=O)N(CCC#N)CCc2ccccc2)cc(C)c1Cl. The minimum Gasteiger partial charge on any atom is -0.484 e. The molecule has 136 valence electrons. The van der Waals surface area contributed by atoms with Gasteiger partial charge in [0, 0.05) is 18.1 Å². The Morgan fingerprint density at radius 2 is 1.81 bits per heavy atom. The van der Waals surface area contributed by atoms with E-state index in [2.05, 4.69) is 6.07 Å². The van der Waals surface area contributed by atoms with Crippen LogP contribution in [0.15, 0.2) is 42.5 Å². The maximum atomic E-state index is 12.5. The molecule has 0 atom stereocenters. The minimum absolute atomic E-state index is 0.0548. The molecule has 0 aliphatic heterocycles. The highest BCUT2D eigenvalue weighted by Crippen LogP contribution is 2.25. The largest absolute Gasteiger partial charge is 0.484 e. The van der Waals surface area contributed by atoms with E-state index < -0.39 is 0 Å². The molecule has 2 aromatic rings. The first-order valence-corrected chi connectivity index (χ1v) is 8.97. The van der Waals surface area contributed by atoms with E-state index in [0.29, 0.717) is 30.3 Å². The van der Waals surface area contributed by atoms with Crippen LogP contribution in [0.1, 0.15) is 23.1 Å². The fraction of sp³-hybridized carbons (Fsp3) is 0.333. The van der Waals surface area contributed by atoms with Gasteiger partial charge in [-0.05, 0) is 49.1 Å². The van der Waals surface area contributed by atoms with E-state index in [-0.39, 0.29) is 12.5 Å². The number of carbonyl (C=O) groups excluding carboxylic acids is 1. The van der Waals surface area contributed by atoms with Crippen LogP contribution in [-0.4, -0.2) is 30.5 Å². The molecular formula is C21H23ClN2O2. The van der Waals surface area contributed by atoms with Crippen LogP contribution >= 0.6 is 11.6 Å². The van der Waals surface area contributed by atoms with Crippen LogP contribution in [-0.2, 0) is 11.2 Å². The van der Waals surface area contributed by atoms with Crippen LogP contribution in [0.25, 0.3) is 0 Å². The first-order chi connectivity index (χ1) is 12.5. The first kappa shape index (κ1) is 19.8. The highest BCUT2D eigenvalue weighted by molar-refractivity contribution is 6.32. The predicted octanol–water partition coefficient (Wildman–Crippen LogP) is 4.32. The quantitative estimate of drug-likeness (QED) is 0.695. The number of benzene rings is 2. The van der Waals surface area contributed by atoms with E-state index >= 15 is 0 Å². The Hall–Kier alpha value is -2.51. The van der Waals surface area contributed by atoms with Gasteiger partial charge < -0.3 is 9.64 Å². The molecule has 0 N–H and O–H groups in total. The van der Waals surface area contributed by atoms with Crippen molar-refractivity contribution in [3.63, 3.8) is 0 Å². The molecule has 2 rings (SSSR count). The lowest BCUT2D eigenvalue weighted by molar-refractivity contribution is -0.133. The number of aryl methyl sites for hydroxylation is 2. The molecule has 0 radical (unpaired) electrons. The van der Waals surface area contributed by atoms with Crippen LogP contribution in [0, 0.1) is 25.2 Å². The summed E-state index contributed by atoms with van der Waals surface area (Å²) in [5.41, 5.74) is 2.99. The summed E-state index contributed by atoms with van der Waals surface area (Å²) in [6, 6.07) is 15.7. The predicted molar refractivity (Wildman–Crippen MR) is 103 cm³/mol. The number of carbonyl (C=O) groups is 1. The molecule has 0 saturated heterocycles. The van der Waals surface area contributed by atoms with Crippen molar-refractivity contribution in [3.05, 3.63) is 64.2 Å². The van der Waals surface area contributed by atoms with E-state index in [0.717, 1.165) is 23.1 Å². The number of hydrogen-bond acceptors (Lipinski definition) is 3. The highest BCUT2D eigenvalue weighted by Gasteiger charge is 2.14. The van der Waals surface area contributed by atoms with E-state index in [4.69, 9.17) is 21.6 Å². The van der Waals surface area contributed by atoms with Gasteiger partial charge in [0.25, 0.3) is 5.91 Å². The maximum absolute atomic E-state index is 12.5. The van der Waals surface area contributed by atoms with Crippen molar-refractivity contribution in [2.45, 2.75) is 26.7 Å². The molecule has 26 heavy (non-hydrogen) atoms. The Labute approximate surface area is 160 Å². The first-order valence-electron chi connectivity index (χ1n) is 8.59.